The highest BCUT2D eigenvalue weighted by Crippen LogP contribution is 2.14. The van der Waals surface area contributed by atoms with Crippen LogP contribution in [0.4, 0.5) is 0 Å². The number of rotatable bonds is 3. The molecule has 0 aliphatic rings. The fourth-order valence-corrected chi connectivity index (χ4v) is 1.63. The number of nitriles is 1. The number of hydrogen-bond acceptors (Lipinski definition) is 3. The summed E-state index contributed by atoms with van der Waals surface area (Å²) in [6.07, 6.45) is 4.58. The largest absolute Gasteiger partial charge is 0.294 e. The summed E-state index contributed by atoms with van der Waals surface area (Å²) in [5, 5.41) is 12.9. The Balaban J connectivity index is 2.54. The minimum absolute atomic E-state index is 0.0765. The molecule has 2 heterocycles. The van der Waals surface area contributed by atoms with Gasteiger partial charge in [-0.1, -0.05) is 6.92 Å². The molecule has 0 spiro atoms. The van der Waals surface area contributed by atoms with Crippen molar-refractivity contribution in [3.63, 3.8) is 0 Å². The normalized spacial score (nSPS) is 10.2. The molecule has 0 saturated carbocycles. The highest BCUT2D eigenvalue weighted by Gasteiger charge is 2.11. The van der Waals surface area contributed by atoms with E-state index in [4.69, 9.17) is 5.26 Å². The van der Waals surface area contributed by atoms with Crippen molar-refractivity contribution in [1.29, 1.82) is 5.26 Å². The quantitative estimate of drug-likeness (QED) is 0.734. The lowest BCUT2D eigenvalue weighted by Gasteiger charge is -1.97. The van der Waals surface area contributed by atoms with E-state index in [1.807, 2.05) is 6.92 Å². The van der Waals surface area contributed by atoms with Gasteiger partial charge in [0.1, 0.15) is 0 Å². The third-order valence-electron chi connectivity index (χ3n) is 2.43. The predicted molar refractivity (Wildman–Crippen MR) is 59.1 cm³/mol. The van der Waals surface area contributed by atoms with Gasteiger partial charge >= 0.3 is 0 Å². The van der Waals surface area contributed by atoms with Crippen molar-refractivity contribution in [1.82, 2.24) is 9.61 Å². The van der Waals surface area contributed by atoms with Crippen LogP contribution in [0.2, 0.25) is 0 Å². The molecule has 0 amide bonds. The van der Waals surface area contributed by atoms with Crippen LogP contribution < -0.4 is 0 Å². The number of pyridine rings is 1. The van der Waals surface area contributed by atoms with Crippen LogP contribution in [0, 0.1) is 11.3 Å². The van der Waals surface area contributed by atoms with Gasteiger partial charge in [-0.15, -0.1) is 0 Å². The van der Waals surface area contributed by atoms with Crippen LogP contribution in [0.25, 0.3) is 5.52 Å². The molecular formula is C12H11N3O. The van der Waals surface area contributed by atoms with E-state index in [2.05, 4.69) is 11.2 Å². The topological polar surface area (TPSA) is 58.2 Å². The molecule has 2 aromatic heterocycles. The van der Waals surface area contributed by atoms with Crippen molar-refractivity contribution in [3.05, 3.63) is 35.7 Å². The Kier molecular flexibility index (Phi) is 2.69. The lowest BCUT2D eigenvalue weighted by Crippen LogP contribution is -1.97. The fraction of sp³-hybridized carbons (Fsp3) is 0.250. The first kappa shape index (κ1) is 10.4. The number of carbonyl (C=O) groups excluding carboxylic acids is 1. The number of carbonyl (C=O) groups is 1. The molecule has 0 aromatic carbocycles. The number of aromatic nitrogens is 2. The van der Waals surface area contributed by atoms with Crippen LogP contribution in [0.15, 0.2) is 24.5 Å². The molecule has 0 bridgehead atoms. The first-order chi connectivity index (χ1) is 7.76. The third-order valence-corrected chi connectivity index (χ3v) is 2.43. The minimum Gasteiger partial charge on any atom is -0.294 e. The Morgan fingerprint density at radius 1 is 1.62 bits per heavy atom. The average Bonchev–Trinajstić information content (AvgIpc) is 2.71. The number of nitrogens with zero attached hydrogens (tertiary/aromatic N) is 3. The van der Waals surface area contributed by atoms with Gasteiger partial charge in [0.05, 0.1) is 28.9 Å². The van der Waals surface area contributed by atoms with Crippen LogP contribution in [0.1, 0.15) is 35.7 Å². The molecule has 0 saturated heterocycles. The second-order valence-corrected chi connectivity index (χ2v) is 3.59. The van der Waals surface area contributed by atoms with E-state index in [0.29, 0.717) is 23.1 Å². The number of fused-ring (bicyclic) bond motifs is 1. The number of ketones is 1. The van der Waals surface area contributed by atoms with E-state index < -0.39 is 0 Å². The molecule has 2 rings (SSSR count). The molecule has 0 fully saturated rings. The third kappa shape index (κ3) is 1.68. The standard InChI is InChI=1S/C12H11N3O/c1-2-3-12(16)10-8-14-15-5-4-9(7-13)6-11(10)15/h4-6,8H,2-3H2,1H3. The summed E-state index contributed by atoms with van der Waals surface area (Å²) in [5.41, 5.74) is 1.84. The second-order valence-electron chi connectivity index (χ2n) is 3.59. The van der Waals surface area contributed by atoms with E-state index in [9.17, 15) is 4.79 Å². The highest BCUT2D eigenvalue weighted by molar-refractivity contribution is 6.02. The maximum absolute atomic E-state index is 11.8. The zero-order chi connectivity index (χ0) is 11.5. The van der Waals surface area contributed by atoms with E-state index in [-0.39, 0.29) is 5.78 Å². The summed E-state index contributed by atoms with van der Waals surface area (Å²) in [6.45, 7) is 1.96. The van der Waals surface area contributed by atoms with Gasteiger partial charge in [-0.3, -0.25) is 4.79 Å². The summed E-state index contributed by atoms with van der Waals surface area (Å²) in [4.78, 5) is 11.8. The van der Waals surface area contributed by atoms with Gasteiger partial charge in [0.2, 0.25) is 0 Å². The molecule has 0 atom stereocenters. The SMILES string of the molecule is CCCC(=O)c1cnn2ccc(C#N)cc12. The maximum atomic E-state index is 11.8. The Morgan fingerprint density at radius 3 is 3.12 bits per heavy atom. The smallest absolute Gasteiger partial charge is 0.166 e. The molecule has 4 heteroatoms. The van der Waals surface area contributed by atoms with E-state index >= 15 is 0 Å². The summed E-state index contributed by atoms with van der Waals surface area (Å²) < 4.78 is 1.61. The zero-order valence-electron chi connectivity index (χ0n) is 8.97. The van der Waals surface area contributed by atoms with Crippen LogP contribution in [0.3, 0.4) is 0 Å². The summed E-state index contributed by atoms with van der Waals surface area (Å²) in [6, 6.07) is 5.42. The zero-order valence-corrected chi connectivity index (χ0v) is 8.97. The fourth-order valence-electron chi connectivity index (χ4n) is 1.63. The molecular weight excluding hydrogens is 202 g/mol. The molecule has 0 aliphatic carbocycles. The van der Waals surface area contributed by atoms with Crippen LogP contribution in [0.5, 0.6) is 0 Å². The van der Waals surface area contributed by atoms with Gasteiger partial charge < -0.3 is 0 Å². The first-order valence-corrected chi connectivity index (χ1v) is 5.17. The molecule has 80 valence electrons. The monoisotopic (exact) mass is 213 g/mol. The van der Waals surface area contributed by atoms with Gasteiger partial charge in [-0.2, -0.15) is 10.4 Å². The van der Waals surface area contributed by atoms with Crippen molar-refractivity contribution in [2.24, 2.45) is 0 Å². The average molecular weight is 213 g/mol. The van der Waals surface area contributed by atoms with Gasteiger partial charge in [0.25, 0.3) is 0 Å². The molecule has 4 nitrogen and oxygen atoms in total. The van der Waals surface area contributed by atoms with Crippen molar-refractivity contribution >= 4 is 11.3 Å². The Hall–Kier alpha value is -2.15. The molecule has 0 N–H and O–H groups in total. The van der Waals surface area contributed by atoms with Gasteiger partial charge in [0, 0.05) is 12.6 Å². The molecule has 0 radical (unpaired) electrons. The second kappa shape index (κ2) is 4.15. The van der Waals surface area contributed by atoms with Crippen LogP contribution in [-0.4, -0.2) is 15.4 Å². The van der Waals surface area contributed by atoms with Crippen molar-refractivity contribution in [3.8, 4) is 6.07 Å². The highest BCUT2D eigenvalue weighted by atomic mass is 16.1. The van der Waals surface area contributed by atoms with Gasteiger partial charge in [0.15, 0.2) is 5.78 Å². The molecule has 0 unspecified atom stereocenters. The lowest BCUT2D eigenvalue weighted by atomic mass is 10.1. The molecule has 16 heavy (non-hydrogen) atoms. The lowest BCUT2D eigenvalue weighted by molar-refractivity contribution is 0.0983. The van der Waals surface area contributed by atoms with E-state index in [1.165, 1.54) is 0 Å². The minimum atomic E-state index is 0.0765. The number of hydrogen-bond donors (Lipinski definition) is 0. The Bertz CT molecular complexity index is 577. The first-order valence-electron chi connectivity index (χ1n) is 5.17. The van der Waals surface area contributed by atoms with Crippen LogP contribution >= 0.6 is 0 Å². The van der Waals surface area contributed by atoms with E-state index in [1.54, 1.807) is 29.0 Å². The Morgan fingerprint density at radius 2 is 2.44 bits per heavy atom. The Labute approximate surface area is 93.1 Å². The molecule has 0 aliphatic heterocycles. The summed E-state index contributed by atoms with van der Waals surface area (Å²) in [5.74, 6) is 0.0765. The van der Waals surface area contributed by atoms with Gasteiger partial charge in [-0.05, 0) is 18.6 Å². The van der Waals surface area contributed by atoms with Crippen molar-refractivity contribution in [2.75, 3.05) is 0 Å². The summed E-state index contributed by atoms with van der Waals surface area (Å²) >= 11 is 0. The van der Waals surface area contributed by atoms with Crippen molar-refractivity contribution in [2.45, 2.75) is 19.8 Å². The maximum Gasteiger partial charge on any atom is 0.166 e. The van der Waals surface area contributed by atoms with E-state index in [0.717, 1.165) is 6.42 Å². The van der Waals surface area contributed by atoms with Crippen molar-refractivity contribution < 1.29 is 4.79 Å². The predicted octanol–water partition coefficient (Wildman–Crippen LogP) is 2.19. The summed E-state index contributed by atoms with van der Waals surface area (Å²) in [7, 11) is 0. The number of Topliss-reactive ketones (excluding diaryl/α,β-unsaturated/α-hetero) is 1. The molecule has 2 aromatic rings. The van der Waals surface area contributed by atoms with Gasteiger partial charge in [-0.25, -0.2) is 4.52 Å². The van der Waals surface area contributed by atoms with Crippen LogP contribution in [-0.2, 0) is 0 Å².